The number of rotatable bonds is 10. The molecule has 0 fully saturated rings. The van der Waals surface area contributed by atoms with Crippen molar-refractivity contribution in [1.29, 1.82) is 5.41 Å². The van der Waals surface area contributed by atoms with Crippen LogP contribution in [0.3, 0.4) is 0 Å². The van der Waals surface area contributed by atoms with Gasteiger partial charge in [-0.2, -0.15) is 15.1 Å². The van der Waals surface area contributed by atoms with Crippen LogP contribution in [0.1, 0.15) is 37.8 Å². The number of aryl methyl sites for hydroxylation is 1. The molecule has 182 valence electrons. The van der Waals surface area contributed by atoms with Crippen molar-refractivity contribution in [3.8, 4) is 17.2 Å². The molecule has 0 aliphatic carbocycles. The number of thioether (sulfide) groups is 1. The molecule has 0 spiro atoms. The minimum absolute atomic E-state index is 0.0187. The van der Waals surface area contributed by atoms with E-state index >= 15 is 0 Å². The maximum absolute atomic E-state index is 12.6. The lowest BCUT2D eigenvalue weighted by molar-refractivity contribution is -0.114. The van der Waals surface area contributed by atoms with Crippen LogP contribution in [-0.2, 0) is 4.79 Å². The Morgan fingerprint density at radius 3 is 2.66 bits per heavy atom. The molecular weight excluding hydrogens is 464 g/mol. The van der Waals surface area contributed by atoms with E-state index in [0.29, 0.717) is 42.1 Å². The van der Waals surface area contributed by atoms with Crippen LogP contribution in [-0.4, -0.2) is 46.8 Å². The van der Waals surface area contributed by atoms with Crippen LogP contribution in [0.4, 0.5) is 0 Å². The van der Waals surface area contributed by atoms with Gasteiger partial charge in [-0.1, -0.05) is 25.1 Å². The van der Waals surface area contributed by atoms with E-state index in [1.54, 1.807) is 18.2 Å². The van der Waals surface area contributed by atoms with Gasteiger partial charge in [0.15, 0.2) is 17.3 Å². The predicted octanol–water partition coefficient (Wildman–Crippen LogP) is 5.27. The van der Waals surface area contributed by atoms with Crippen LogP contribution >= 0.6 is 11.8 Å². The minimum atomic E-state index is -0.451. The lowest BCUT2D eigenvalue weighted by Crippen LogP contribution is -2.35. The van der Waals surface area contributed by atoms with Crippen molar-refractivity contribution in [2.45, 2.75) is 33.6 Å². The van der Waals surface area contributed by atoms with Crippen LogP contribution in [0.15, 0.2) is 58.1 Å². The Bertz CT molecular complexity index is 1220. The fourth-order valence-electron chi connectivity index (χ4n) is 3.53. The summed E-state index contributed by atoms with van der Waals surface area (Å²) in [7, 11) is 0. The summed E-state index contributed by atoms with van der Waals surface area (Å²) in [6, 6.07) is 13.3. The van der Waals surface area contributed by atoms with Crippen LogP contribution < -0.4 is 14.2 Å². The van der Waals surface area contributed by atoms with Gasteiger partial charge >= 0.3 is 0 Å². The predicted molar refractivity (Wildman–Crippen MR) is 140 cm³/mol. The minimum Gasteiger partial charge on any atom is -0.490 e. The second-order valence-electron chi connectivity index (χ2n) is 7.92. The summed E-state index contributed by atoms with van der Waals surface area (Å²) in [6.45, 7) is 7.16. The molecule has 0 aromatic heterocycles. The fraction of sp³-hybridized carbons (Fsp3) is 0.308. The monoisotopic (exact) mass is 492 g/mol. The summed E-state index contributed by atoms with van der Waals surface area (Å²) in [5.41, 5.74) is 2.02. The number of aliphatic imine (C=N–C) groups is 1. The van der Waals surface area contributed by atoms with Gasteiger partial charge in [0.25, 0.3) is 5.91 Å². The molecule has 1 N–H and O–H groups in total. The highest BCUT2D eigenvalue weighted by atomic mass is 32.2. The van der Waals surface area contributed by atoms with Crippen LogP contribution in [0.25, 0.3) is 6.08 Å². The first-order chi connectivity index (χ1) is 17.0. The molecule has 9 heteroatoms. The Balaban J connectivity index is 1.46. The zero-order valence-corrected chi connectivity index (χ0v) is 20.9. The number of nitrogens with one attached hydrogen (secondary N) is 1. The first-order valence-corrected chi connectivity index (χ1v) is 12.4. The summed E-state index contributed by atoms with van der Waals surface area (Å²) >= 11 is 1.34. The molecule has 0 radical (unpaired) electrons. The van der Waals surface area contributed by atoms with Gasteiger partial charge < -0.3 is 14.2 Å². The van der Waals surface area contributed by atoms with Gasteiger partial charge in [0.05, 0.1) is 12.2 Å². The van der Waals surface area contributed by atoms with Gasteiger partial charge in [0.2, 0.25) is 5.17 Å². The zero-order chi connectivity index (χ0) is 24.8. The Hall–Kier alpha value is -3.59. The van der Waals surface area contributed by atoms with E-state index in [9.17, 15) is 4.79 Å². The molecule has 0 unspecified atom stereocenters. The molecule has 2 heterocycles. The largest absolute Gasteiger partial charge is 0.490 e. The Kier molecular flexibility index (Phi) is 7.87. The second kappa shape index (κ2) is 11.2. The number of ether oxygens (including phenoxy) is 3. The number of carbonyl (C=O) groups is 1. The molecule has 0 bridgehead atoms. The SMILES string of the molecule is CCCC1=NN2C(=N)C(=Cc3ccc(OCCOc4cccc(C)c4)c(OCC)c3)C(=O)N=C2S1. The van der Waals surface area contributed by atoms with E-state index in [4.69, 9.17) is 19.6 Å². The van der Waals surface area contributed by atoms with Crippen molar-refractivity contribution in [2.75, 3.05) is 19.8 Å². The molecular formula is C26H28N4O4S. The van der Waals surface area contributed by atoms with Gasteiger partial charge in [-0.25, -0.2) is 0 Å². The molecule has 2 aliphatic heterocycles. The highest BCUT2D eigenvalue weighted by molar-refractivity contribution is 8.26. The first-order valence-electron chi connectivity index (χ1n) is 11.6. The Morgan fingerprint density at radius 2 is 1.89 bits per heavy atom. The highest BCUT2D eigenvalue weighted by Gasteiger charge is 2.35. The molecule has 35 heavy (non-hydrogen) atoms. The van der Waals surface area contributed by atoms with Crippen molar-refractivity contribution < 1.29 is 19.0 Å². The maximum Gasteiger partial charge on any atom is 0.283 e. The van der Waals surface area contributed by atoms with Crippen molar-refractivity contribution in [2.24, 2.45) is 10.1 Å². The molecule has 2 aromatic carbocycles. The summed E-state index contributed by atoms with van der Waals surface area (Å²) in [6.07, 6.45) is 3.36. The number of benzene rings is 2. The fourth-order valence-corrected chi connectivity index (χ4v) is 4.52. The quantitative estimate of drug-likeness (QED) is 0.358. The van der Waals surface area contributed by atoms with Crippen LogP contribution in [0, 0.1) is 12.3 Å². The average molecular weight is 493 g/mol. The van der Waals surface area contributed by atoms with E-state index in [-0.39, 0.29) is 11.4 Å². The van der Waals surface area contributed by atoms with Gasteiger partial charge in [-0.05, 0) is 79.9 Å². The lowest BCUT2D eigenvalue weighted by atomic mass is 10.1. The Labute approximate surface area is 209 Å². The van der Waals surface area contributed by atoms with E-state index < -0.39 is 5.91 Å². The lowest BCUT2D eigenvalue weighted by Gasteiger charge is -2.20. The van der Waals surface area contributed by atoms with E-state index in [1.165, 1.54) is 16.8 Å². The third-order valence-corrected chi connectivity index (χ3v) is 6.11. The molecule has 8 nitrogen and oxygen atoms in total. The third-order valence-electron chi connectivity index (χ3n) is 5.14. The molecule has 0 saturated carbocycles. The number of carbonyl (C=O) groups excluding carboxylic acids is 1. The molecule has 0 saturated heterocycles. The van der Waals surface area contributed by atoms with Crippen molar-refractivity contribution in [1.82, 2.24) is 5.01 Å². The van der Waals surface area contributed by atoms with Crippen molar-refractivity contribution >= 4 is 39.8 Å². The van der Waals surface area contributed by atoms with Gasteiger partial charge in [-0.3, -0.25) is 10.2 Å². The number of amides is 1. The van der Waals surface area contributed by atoms with Crippen molar-refractivity contribution in [3.05, 3.63) is 59.2 Å². The number of hydrazone groups is 1. The molecule has 1 amide bonds. The normalized spacial score (nSPS) is 16.2. The average Bonchev–Trinajstić information content (AvgIpc) is 3.23. The maximum atomic E-state index is 12.6. The summed E-state index contributed by atoms with van der Waals surface area (Å²) < 4.78 is 17.4. The number of fused-ring (bicyclic) bond motifs is 1. The first kappa shape index (κ1) is 24.5. The molecule has 2 aliphatic rings. The Morgan fingerprint density at radius 1 is 1.06 bits per heavy atom. The number of nitrogens with zero attached hydrogens (tertiary/aromatic N) is 3. The number of hydrogen-bond acceptors (Lipinski definition) is 7. The summed E-state index contributed by atoms with van der Waals surface area (Å²) in [5.74, 6) is 1.50. The molecule has 0 atom stereocenters. The highest BCUT2D eigenvalue weighted by Crippen LogP contribution is 2.32. The van der Waals surface area contributed by atoms with E-state index in [2.05, 4.69) is 17.0 Å². The standard InChI is InChI=1S/C26H28N4O4S/c1-4-7-23-29-30-24(27)20(25(31)28-26(30)35-23)15-18-10-11-21(22(16-18)32-5-2)34-13-12-33-19-9-6-8-17(3)14-19/h6,8-11,14-16,27H,4-5,7,12-13H2,1-3H3. The zero-order valence-electron chi connectivity index (χ0n) is 20.0. The molecule has 4 rings (SSSR count). The van der Waals surface area contributed by atoms with Gasteiger partial charge in [-0.15, -0.1) is 0 Å². The second-order valence-corrected chi connectivity index (χ2v) is 8.96. The third kappa shape index (κ3) is 5.92. The number of hydrogen-bond donors (Lipinski definition) is 1. The summed E-state index contributed by atoms with van der Waals surface area (Å²) in [4.78, 5) is 16.8. The topological polar surface area (TPSA) is 96.6 Å². The van der Waals surface area contributed by atoms with E-state index in [1.807, 2.05) is 44.2 Å². The van der Waals surface area contributed by atoms with Crippen LogP contribution in [0.5, 0.6) is 17.2 Å². The van der Waals surface area contributed by atoms with Crippen molar-refractivity contribution in [3.63, 3.8) is 0 Å². The van der Waals surface area contributed by atoms with Crippen LogP contribution in [0.2, 0.25) is 0 Å². The number of amidine groups is 2. The smallest absolute Gasteiger partial charge is 0.283 e. The van der Waals surface area contributed by atoms with E-state index in [0.717, 1.165) is 29.2 Å². The summed E-state index contributed by atoms with van der Waals surface area (Å²) in [5, 5.41) is 15.7. The van der Waals surface area contributed by atoms with Gasteiger partial charge in [0, 0.05) is 0 Å². The molecule has 2 aromatic rings. The van der Waals surface area contributed by atoms with Gasteiger partial charge in [0.1, 0.15) is 24.0 Å².